The summed E-state index contributed by atoms with van der Waals surface area (Å²) in [6, 6.07) is 0.588. The number of rotatable bonds is 7. The molecule has 0 amide bonds. The maximum Gasteiger partial charge on any atom is 0.323 e. The zero-order chi connectivity index (χ0) is 15.5. The predicted molar refractivity (Wildman–Crippen MR) is 84.6 cm³/mol. The summed E-state index contributed by atoms with van der Waals surface area (Å²) in [4.78, 5) is 16.6. The lowest BCUT2D eigenvalue weighted by molar-refractivity contribution is -0.145. The minimum Gasteiger partial charge on any atom is -0.480 e. The van der Waals surface area contributed by atoms with Gasteiger partial charge in [0.2, 0.25) is 0 Å². The molecular formula is C16H31N3O2. The molecule has 2 unspecified atom stereocenters. The quantitative estimate of drug-likeness (QED) is 0.744. The average Bonchev–Trinajstić information content (AvgIpc) is 3.05. The van der Waals surface area contributed by atoms with Gasteiger partial charge in [0.15, 0.2) is 0 Å². The van der Waals surface area contributed by atoms with Crippen molar-refractivity contribution in [2.75, 3.05) is 33.2 Å². The van der Waals surface area contributed by atoms with Crippen LogP contribution in [-0.4, -0.2) is 71.7 Å². The van der Waals surface area contributed by atoms with Crippen LogP contribution in [0.15, 0.2) is 0 Å². The van der Waals surface area contributed by atoms with Crippen molar-refractivity contribution in [1.82, 2.24) is 15.1 Å². The highest BCUT2D eigenvalue weighted by Gasteiger charge is 2.46. The lowest BCUT2D eigenvalue weighted by Crippen LogP contribution is -2.54. The van der Waals surface area contributed by atoms with Gasteiger partial charge in [0.25, 0.3) is 0 Å². The maximum absolute atomic E-state index is 11.7. The standard InChI is InChI=1S/C16H31N3O2/c1-13(2)17-16(15(20)21)7-6-14(12-16)18(3)10-11-19-8-4-5-9-19/h13-14,17H,4-12H2,1-3H3,(H,20,21). The molecule has 5 nitrogen and oxygen atoms in total. The summed E-state index contributed by atoms with van der Waals surface area (Å²) in [7, 11) is 2.15. The third kappa shape index (κ3) is 4.18. The normalized spacial score (nSPS) is 30.6. The molecule has 0 radical (unpaired) electrons. The lowest BCUT2D eigenvalue weighted by atomic mass is 9.96. The Kier molecular flexibility index (Phi) is 5.63. The topological polar surface area (TPSA) is 55.8 Å². The van der Waals surface area contributed by atoms with E-state index in [4.69, 9.17) is 0 Å². The lowest BCUT2D eigenvalue weighted by Gasteiger charge is -2.31. The summed E-state index contributed by atoms with van der Waals surface area (Å²) < 4.78 is 0. The van der Waals surface area contributed by atoms with Crippen LogP contribution in [0.5, 0.6) is 0 Å². The van der Waals surface area contributed by atoms with Crippen molar-refractivity contribution in [3.05, 3.63) is 0 Å². The van der Waals surface area contributed by atoms with E-state index < -0.39 is 11.5 Å². The van der Waals surface area contributed by atoms with Crippen molar-refractivity contribution in [3.8, 4) is 0 Å². The number of likely N-dealkylation sites (N-methyl/N-ethyl adjacent to an activating group) is 1. The number of hydrogen-bond donors (Lipinski definition) is 2. The molecule has 2 atom stereocenters. The van der Waals surface area contributed by atoms with E-state index in [0.29, 0.717) is 6.04 Å². The van der Waals surface area contributed by atoms with Crippen molar-refractivity contribution in [1.29, 1.82) is 0 Å². The van der Waals surface area contributed by atoms with E-state index in [9.17, 15) is 9.90 Å². The molecule has 1 saturated heterocycles. The Morgan fingerprint density at radius 1 is 1.43 bits per heavy atom. The summed E-state index contributed by atoms with van der Waals surface area (Å²) >= 11 is 0. The van der Waals surface area contributed by atoms with E-state index in [0.717, 1.165) is 32.4 Å². The van der Waals surface area contributed by atoms with Crippen LogP contribution in [-0.2, 0) is 4.79 Å². The first-order chi connectivity index (χ1) is 9.93. The summed E-state index contributed by atoms with van der Waals surface area (Å²) in [6.45, 7) is 8.66. The first kappa shape index (κ1) is 16.7. The second-order valence-electron chi connectivity index (χ2n) is 7.11. The second-order valence-corrected chi connectivity index (χ2v) is 7.11. The van der Waals surface area contributed by atoms with Gasteiger partial charge < -0.3 is 14.9 Å². The number of hydrogen-bond acceptors (Lipinski definition) is 4. The van der Waals surface area contributed by atoms with Crippen molar-refractivity contribution in [3.63, 3.8) is 0 Å². The van der Waals surface area contributed by atoms with Crippen LogP contribution in [0.4, 0.5) is 0 Å². The Bertz CT molecular complexity index is 355. The van der Waals surface area contributed by atoms with Crippen molar-refractivity contribution in [2.45, 2.75) is 63.6 Å². The number of nitrogens with zero attached hydrogens (tertiary/aromatic N) is 2. The van der Waals surface area contributed by atoms with Gasteiger partial charge in [-0.2, -0.15) is 0 Å². The molecule has 0 aromatic heterocycles. The number of aliphatic carboxylic acids is 1. The predicted octanol–water partition coefficient (Wildman–Crippen LogP) is 1.39. The van der Waals surface area contributed by atoms with Crippen LogP contribution in [0.3, 0.4) is 0 Å². The van der Waals surface area contributed by atoms with Gasteiger partial charge in [0.05, 0.1) is 0 Å². The molecule has 0 spiro atoms. The highest BCUT2D eigenvalue weighted by molar-refractivity contribution is 5.79. The molecule has 0 aromatic rings. The number of nitrogens with one attached hydrogen (secondary N) is 1. The fourth-order valence-electron chi connectivity index (χ4n) is 3.82. The summed E-state index contributed by atoms with van der Waals surface area (Å²) in [6.07, 6.45) is 5.08. The fourth-order valence-corrected chi connectivity index (χ4v) is 3.82. The smallest absolute Gasteiger partial charge is 0.323 e. The third-order valence-corrected chi connectivity index (χ3v) is 5.05. The molecule has 1 saturated carbocycles. The van der Waals surface area contributed by atoms with Crippen LogP contribution in [0.25, 0.3) is 0 Å². The zero-order valence-corrected chi connectivity index (χ0v) is 13.8. The average molecular weight is 297 g/mol. The molecule has 21 heavy (non-hydrogen) atoms. The van der Waals surface area contributed by atoms with Crippen LogP contribution in [0, 0.1) is 0 Å². The fraction of sp³-hybridized carbons (Fsp3) is 0.938. The largest absolute Gasteiger partial charge is 0.480 e. The van der Waals surface area contributed by atoms with E-state index in [-0.39, 0.29) is 6.04 Å². The molecule has 2 fully saturated rings. The summed E-state index contributed by atoms with van der Waals surface area (Å²) in [5.74, 6) is -0.688. The second kappa shape index (κ2) is 7.07. The molecule has 1 heterocycles. The van der Waals surface area contributed by atoms with Gasteiger partial charge in [0, 0.05) is 25.2 Å². The summed E-state index contributed by atoms with van der Waals surface area (Å²) in [5, 5.41) is 12.9. The number of likely N-dealkylation sites (tertiary alicyclic amines) is 1. The molecule has 5 heteroatoms. The number of carboxylic acid groups (broad SMARTS) is 1. The van der Waals surface area contributed by atoms with E-state index in [2.05, 4.69) is 22.2 Å². The molecule has 0 aromatic carbocycles. The molecule has 122 valence electrons. The SMILES string of the molecule is CC(C)NC1(C(=O)O)CCC(N(C)CCN2CCCC2)C1. The van der Waals surface area contributed by atoms with Gasteiger partial charge in [0.1, 0.15) is 5.54 Å². The minimum atomic E-state index is -0.721. The van der Waals surface area contributed by atoms with Crippen molar-refractivity contribution in [2.24, 2.45) is 0 Å². The van der Waals surface area contributed by atoms with Crippen LogP contribution >= 0.6 is 0 Å². The Balaban J connectivity index is 1.85. The van der Waals surface area contributed by atoms with Crippen molar-refractivity contribution >= 4 is 5.97 Å². The molecule has 2 rings (SSSR count). The first-order valence-corrected chi connectivity index (χ1v) is 8.37. The molecule has 2 N–H and O–H groups in total. The Morgan fingerprint density at radius 3 is 2.67 bits per heavy atom. The Morgan fingerprint density at radius 2 is 2.10 bits per heavy atom. The van der Waals surface area contributed by atoms with Crippen LogP contribution < -0.4 is 5.32 Å². The first-order valence-electron chi connectivity index (χ1n) is 8.37. The summed E-state index contributed by atoms with van der Waals surface area (Å²) in [5.41, 5.74) is -0.721. The molecule has 1 aliphatic carbocycles. The highest BCUT2D eigenvalue weighted by atomic mass is 16.4. The highest BCUT2D eigenvalue weighted by Crippen LogP contribution is 2.33. The van der Waals surface area contributed by atoms with E-state index in [1.54, 1.807) is 0 Å². The minimum absolute atomic E-state index is 0.203. The van der Waals surface area contributed by atoms with Gasteiger partial charge in [-0.05, 0) is 66.1 Å². The Hall–Kier alpha value is -0.650. The van der Waals surface area contributed by atoms with E-state index in [1.165, 1.54) is 25.9 Å². The molecule has 0 bridgehead atoms. The van der Waals surface area contributed by atoms with Gasteiger partial charge in [-0.3, -0.25) is 10.1 Å². The van der Waals surface area contributed by atoms with Gasteiger partial charge >= 0.3 is 5.97 Å². The van der Waals surface area contributed by atoms with Crippen LogP contribution in [0.2, 0.25) is 0 Å². The van der Waals surface area contributed by atoms with Crippen LogP contribution in [0.1, 0.15) is 46.0 Å². The molecule has 1 aliphatic heterocycles. The van der Waals surface area contributed by atoms with E-state index in [1.807, 2.05) is 13.8 Å². The number of carboxylic acids is 1. The monoisotopic (exact) mass is 297 g/mol. The Labute approximate surface area is 128 Å². The number of carbonyl (C=O) groups is 1. The molecule has 2 aliphatic rings. The maximum atomic E-state index is 11.7. The molecular weight excluding hydrogens is 266 g/mol. The van der Waals surface area contributed by atoms with Crippen molar-refractivity contribution < 1.29 is 9.90 Å². The van der Waals surface area contributed by atoms with Gasteiger partial charge in [-0.1, -0.05) is 0 Å². The van der Waals surface area contributed by atoms with E-state index >= 15 is 0 Å². The zero-order valence-electron chi connectivity index (χ0n) is 13.8. The third-order valence-electron chi connectivity index (χ3n) is 5.05. The van der Waals surface area contributed by atoms with Gasteiger partial charge in [-0.25, -0.2) is 0 Å². The van der Waals surface area contributed by atoms with Gasteiger partial charge in [-0.15, -0.1) is 0 Å².